The minimum Gasteiger partial charge on any atom is -0.394 e. The van der Waals surface area contributed by atoms with Crippen LogP contribution in [0, 0.1) is 5.92 Å². The van der Waals surface area contributed by atoms with Crippen molar-refractivity contribution in [2.45, 2.75) is 39.7 Å². The first-order valence-corrected chi connectivity index (χ1v) is 6.47. The molecule has 1 aromatic carbocycles. The number of carbonyl (C=O) groups excluding carboxylic acids is 1. The third-order valence-corrected chi connectivity index (χ3v) is 3.16. The highest BCUT2D eigenvalue weighted by Gasteiger charge is 2.16. The summed E-state index contributed by atoms with van der Waals surface area (Å²) in [6.45, 7) is 8.16. The number of carbonyl (C=O) groups is 1. The van der Waals surface area contributed by atoms with E-state index in [4.69, 9.17) is 0 Å². The molecular weight excluding hydrogens is 226 g/mol. The Bertz CT molecular complexity index is 382. The summed E-state index contributed by atoms with van der Waals surface area (Å²) in [5.74, 6) is 0.551. The molecule has 0 bridgehead atoms. The van der Waals surface area contributed by atoms with Crippen molar-refractivity contribution in [2.75, 3.05) is 6.61 Å². The quantitative estimate of drug-likeness (QED) is 0.842. The van der Waals surface area contributed by atoms with E-state index in [1.807, 2.05) is 38.1 Å². The largest absolute Gasteiger partial charge is 0.394 e. The normalized spacial score (nSPS) is 12.8. The van der Waals surface area contributed by atoms with Gasteiger partial charge < -0.3 is 10.4 Å². The number of hydrogen-bond acceptors (Lipinski definition) is 2. The molecule has 0 fully saturated rings. The summed E-state index contributed by atoms with van der Waals surface area (Å²) >= 11 is 0. The molecular formula is C15H23NO2. The molecule has 1 aromatic rings. The van der Waals surface area contributed by atoms with E-state index in [9.17, 15) is 9.90 Å². The van der Waals surface area contributed by atoms with E-state index in [1.165, 1.54) is 5.56 Å². The van der Waals surface area contributed by atoms with Crippen molar-refractivity contribution >= 4 is 5.91 Å². The summed E-state index contributed by atoms with van der Waals surface area (Å²) in [6.07, 6.45) is 0. The van der Waals surface area contributed by atoms with Crippen LogP contribution in [-0.4, -0.2) is 23.7 Å². The van der Waals surface area contributed by atoms with Gasteiger partial charge in [-0.25, -0.2) is 0 Å². The first-order valence-electron chi connectivity index (χ1n) is 6.47. The second-order valence-electron chi connectivity index (χ2n) is 5.28. The van der Waals surface area contributed by atoms with Gasteiger partial charge in [0.25, 0.3) is 5.91 Å². The first-order chi connectivity index (χ1) is 8.45. The minimum atomic E-state index is -0.192. The zero-order chi connectivity index (χ0) is 13.7. The fourth-order valence-electron chi connectivity index (χ4n) is 1.69. The Kier molecular flexibility index (Phi) is 5.35. The molecule has 0 saturated heterocycles. The van der Waals surface area contributed by atoms with Gasteiger partial charge in [-0.3, -0.25) is 4.79 Å². The maximum Gasteiger partial charge on any atom is 0.251 e. The van der Waals surface area contributed by atoms with E-state index < -0.39 is 0 Å². The smallest absolute Gasteiger partial charge is 0.251 e. The summed E-state index contributed by atoms with van der Waals surface area (Å²) in [4.78, 5) is 12.0. The molecule has 0 radical (unpaired) electrons. The van der Waals surface area contributed by atoms with Crippen molar-refractivity contribution in [2.24, 2.45) is 5.92 Å². The summed E-state index contributed by atoms with van der Waals surface area (Å²) < 4.78 is 0. The molecule has 0 spiro atoms. The van der Waals surface area contributed by atoms with Gasteiger partial charge in [-0.1, -0.05) is 39.8 Å². The van der Waals surface area contributed by atoms with E-state index in [2.05, 4.69) is 19.2 Å². The van der Waals surface area contributed by atoms with Crippen LogP contribution < -0.4 is 5.32 Å². The molecule has 0 aliphatic carbocycles. The summed E-state index contributed by atoms with van der Waals surface area (Å²) in [7, 11) is 0. The number of amides is 1. The van der Waals surface area contributed by atoms with Gasteiger partial charge >= 0.3 is 0 Å². The fourth-order valence-corrected chi connectivity index (χ4v) is 1.69. The van der Waals surface area contributed by atoms with Crippen molar-refractivity contribution in [1.82, 2.24) is 5.32 Å². The van der Waals surface area contributed by atoms with Gasteiger partial charge in [0.15, 0.2) is 0 Å². The molecule has 0 aliphatic heterocycles. The maximum atomic E-state index is 12.0. The van der Waals surface area contributed by atoms with Gasteiger partial charge in [-0.05, 0) is 29.5 Å². The molecule has 0 heterocycles. The minimum absolute atomic E-state index is 0.0342. The molecule has 0 saturated carbocycles. The molecule has 1 rings (SSSR count). The lowest BCUT2D eigenvalue weighted by Gasteiger charge is -2.20. The van der Waals surface area contributed by atoms with Gasteiger partial charge in [-0.15, -0.1) is 0 Å². The average molecular weight is 249 g/mol. The van der Waals surface area contributed by atoms with Crippen molar-refractivity contribution in [1.29, 1.82) is 0 Å². The van der Waals surface area contributed by atoms with E-state index in [-0.39, 0.29) is 24.5 Å². The van der Waals surface area contributed by atoms with Crippen molar-refractivity contribution in [3.05, 3.63) is 35.4 Å². The Labute approximate surface area is 109 Å². The second kappa shape index (κ2) is 6.55. The molecule has 3 heteroatoms. The standard InChI is InChI=1S/C15H23NO2/c1-10(2)12-5-7-13(8-6-12)15(18)16-14(9-17)11(3)4/h5-8,10-11,14,17H,9H2,1-4H3,(H,16,18)/t14-/m1/s1. The Morgan fingerprint density at radius 1 is 1.17 bits per heavy atom. The third-order valence-electron chi connectivity index (χ3n) is 3.16. The molecule has 100 valence electrons. The first kappa shape index (κ1) is 14.7. The third kappa shape index (κ3) is 3.84. The highest BCUT2D eigenvalue weighted by molar-refractivity contribution is 5.94. The maximum absolute atomic E-state index is 12.0. The number of aliphatic hydroxyl groups excluding tert-OH is 1. The summed E-state index contributed by atoms with van der Waals surface area (Å²) in [5.41, 5.74) is 1.85. The van der Waals surface area contributed by atoms with Crippen molar-refractivity contribution < 1.29 is 9.90 Å². The predicted molar refractivity (Wildman–Crippen MR) is 73.7 cm³/mol. The molecule has 1 atom stereocenters. The number of benzene rings is 1. The molecule has 18 heavy (non-hydrogen) atoms. The highest BCUT2D eigenvalue weighted by Crippen LogP contribution is 2.15. The summed E-state index contributed by atoms with van der Waals surface area (Å²) in [5, 5.41) is 12.0. The van der Waals surface area contributed by atoms with Gasteiger partial charge in [0.05, 0.1) is 12.6 Å². The van der Waals surface area contributed by atoms with E-state index in [0.29, 0.717) is 11.5 Å². The van der Waals surface area contributed by atoms with Crippen LogP contribution in [0.2, 0.25) is 0 Å². The summed E-state index contributed by atoms with van der Waals surface area (Å²) in [6, 6.07) is 7.42. The Morgan fingerprint density at radius 2 is 1.72 bits per heavy atom. The van der Waals surface area contributed by atoms with Crippen LogP contribution in [0.25, 0.3) is 0 Å². The number of nitrogens with one attached hydrogen (secondary N) is 1. The van der Waals surface area contributed by atoms with Crippen LogP contribution in [0.15, 0.2) is 24.3 Å². The predicted octanol–water partition coefficient (Wildman–Crippen LogP) is 2.56. The molecule has 0 unspecified atom stereocenters. The van der Waals surface area contributed by atoms with Crippen molar-refractivity contribution in [3.8, 4) is 0 Å². The van der Waals surface area contributed by atoms with Crippen molar-refractivity contribution in [3.63, 3.8) is 0 Å². The Morgan fingerprint density at radius 3 is 2.11 bits per heavy atom. The molecule has 0 aliphatic rings. The lowest BCUT2D eigenvalue weighted by molar-refractivity contribution is 0.0897. The van der Waals surface area contributed by atoms with Crippen LogP contribution in [0.5, 0.6) is 0 Å². The van der Waals surface area contributed by atoms with Gasteiger partial charge in [0.1, 0.15) is 0 Å². The number of aliphatic hydroxyl groups is 1. The van der Waals surface area contributed by atoms with Crippen LogP contribution in [0.1, 0.15) is 49.5 Å². The van der Waals surface area contributed by atoms with Gasteiger partial charge in [0, 0.05) is 5.56 Å². The monoisotopic (exact) mass is 249 g/mol. The molecule has 2 N–H and O–H groups in total. The SMILES string of the molecule is CC(C)c1ccc(C(=O)N[C@H](CO)C(C)C)cc1. The fraction of sp³-hybridized carbons (Fsp3) is 0.533. The molecule has 0 aromatic heterocycles. The Hall–Kier alpha value is -1.35. The Balaban J connectivity index is 2.72. The van der Waals surface area contributed by atoms with Gasteiger partial charge in [-0.2, -0.15) is 0 Å². The number of rotatable bonds is 5. The number of hydrogen-bond donors (Lipinski definition) is 2. The van der Waals surface area contributed by atoms with Gasteiger partial charge in [0.2, 0.25) is 0 Å². The lowest BCUT2D eigenvalue weighted by Crippen LogP contribution is -2.41. The zero-order valence-corrected chi connectivity index (χ0v) is 11.6. The van der Waals surface area contributed by atoms with Crippen LogP contribution in [0.3, 0.4) is 0 Å². The van der Waals surface area contributed by atoms with Crippen LogP contribution in [0.4, 0.5) is 0 Å². The zero-order valence-electron chi connectivity index (χ0n) is 11.6. The molecule has 3 nitrogen and oxygen atoms in total. The second-order valence-corrected chi connectivity index (χ2v) is 5.28. The topological polar surface area (TPSA) is 49.3 Å². The average Bonchev–Trinajstić information content (AvgIpc) is 2.35. The van der Waals surface area contributed by atoms with E-state index >= 15 is 0 Å². The van der Waals surface area contributed by atoms with Crippen LogP contribution in [-0.2, 0) is 0 Å². The molecule has 1 amide bonds. The van der Waals surface area contributed by atoms with Crippen LogP contribution >= 0.6 is 0 Å². The lowest BCUT2D eigenvalue weighted by atomic mass is 10.0. The van der Waals surface area contributed by atoms with E-state index in [0.717, 1.165) is 0 Å². The van der Waals surface area contributed by atoms with E-state index in [1.54, 1.807) is 0 Å². The highest BCUT2D eigenvalue weighted by atomic mass is 16.3.